The SMILES string of the molecule is COc1ccc(-c2nnc(SCC(=O)Nc3ccc(N)cc3)n2-c2ccccc2)cc1. The third-order valence-corrected chi connectivity index (χ3v) is 5.45. The fourth-order valence-electron chi connectivity index (χ4n) is 2.99. The van der Waals surface area contributed by atoms with Gasteiger partial charge in [0.25, 0.3) is 0 Å². The third-order valence-electron chi connectivity index (χ3n) is 4.52. The van der Waals surface area contributed by atoms with Crippen LogP contribution in [0.25, 0.3) is 17.1 Å². The number of nitrogen functional groups attached to an aromatic ring is 1. The van der Waals surface area contributed by atoms with Crippen molar-refractivity contribution in [3.63, 3.8) is 0 Å². The molecule has 0 saturated carbocycles. The van der Waals surface area contributed by atoms with Crippen molar-refractivity contribution in [2.75, 3.05) is 23.9 Å². The Morgan fingerprint density at radius 1 is 1.00 bits per heavy atom. The van der Waals surface area contributed by atoms with Crippen LogP contribution >= 0.6 is 11.8 Å². The molecule has 0 aliphatic rings. The summed E-state index contributed by atoms with van der Waals surface area (Å²) in [6.45, 7) is 0. The zero-order chi connectivity index (χ0) is 21.6. The molecule has 0 fully saturated rings. The predicted octanol–water partition coefficient (Wildman–Crippen LogP) is 4.26. The molecule has 1 amide bonds. The highest BCUT2D eigenvalue weighted by Crippen LogP contribution is 2.29. The van der Waals surface area contributed by atoms with Crippen LogP contribution in [0.5, 0.6) is 5.75 Å². The maximum atomic E-state index is 12.4. The molecule has 8 heteroatoms. The first-order valence-corrected chi connectivity index (χ1v) is 10.6. The number of carbonyl (C=O) groups excluding carboxylic acids is 1. The van der Waals surface area contributed by atoms with Gasteiger partial charge in [0.1, 0.15) is 5.75 Å². The average Bonchev–Trinajstić information content (AvgIpc) is 3.24. The average molecular weight is 432 g/mol. The molecule has 0 unspecified atom stereocenters. The Morgan fingerprint density at radius 3 is 2.39 bits per heavy atom. The van der Waals surface area contributed by atoms with E-state index in [9.17, 15) is 4.79 Å². The lowest BCUT2D eigenvalue weighted by molar-refractivity contribution is -0.113. The monoisotopic (exact) mass is 431 g/mol. The van der Waals surface area contributed by atoms with E-state index in [2.05, 4.69) is 15.5 Å². The largest absolute Gasteiger partial charge is 0.497 e. The van der Waals surface area contributed by atoms with Gasteiger partial charge < -0.3 is 15.8 Å². The standard InChI is InChI=1S/C23H21N5O2S/c1-30-20-13-7-16(8-14-20)22-26-27-23(28(22)19-5-3-2-4-6-19)31-15-21(29)25-18-11-9-17(24)10-12-18/h2-14H,15,24H2,1H3,(H,25,29). The Kier molecular flexibility index (Phi) is 6.18. The molecule has 4 aromatic rings. The van der Waals surface area contributed by atoms with E-state index in [4.69, 9.17) is 10.5 Å². The molecule has 156 valence electrons. The second-order valence-electron chi connectivity index (χ2n) is 6.66. The van der Waals surface area contributed by atoms with E-state index in [1.165, 1.54) is 11.8 Å². The number of nitrogens with two attached hydrogens (primary N) is 1. The molecule has 0 bridgehead atoms. The Morgan fingerprint density at radius 2 is 1.71 bits per heavy atom. The van der Waals surface area contributed by atoms with Crippen molar-refractivity contribution in [1.29, 1.82) is 0 Å². The van der Waals surface area contributed by atoms with Crippen LogP contribution in [0.3, 0.4) is 0 Å². The summed E-state index contributed by atoms with van der Waals surface area (Å²) in [5.41, 5.74) is 8.85. The van der Waals surface area contributed by atoms with Gasteiger partial charge in [-0.15, -0.1) is 10.2 Å². The van der Waals surface area contributed by atoms with Gasteiger partial charge in [0.05, 0.1) is 12.9 Å². The molecule has 0 aliphatic heterocycles. The second kappa shape index (κ2) is 9.36. The fourth-order valence-corrected chi connectivity index (χ4v) is 3.75. The second-order valence-corrected chi connectivity index (χ2v) is 7.61. The van der Waals surface area contributed by atoms with Crippen LogP contribution in [0.1, 0.15) is 0 Å². The smallest absolute Gasteiger partial charge is 0.234 e. The first-order chi connectivity index (χ1) is 15.1. The van der Waals surface area contributed by atoms with Crippen molar-refractivity contribution in [2.24, 2.45) is 0 Å². The van der Waals surface area contributed by atoms with Crippen LogP contribution in [0.15, 0.2) is 84.0 Å². The number of nitrogens with one attached hydrogen (secondary N) is 1. The molecule has 3 N–H and O–H groups in total. The van der Waals surface area contributed by atoms with E-state index in [1.54, 1.807) is 31.4 Å². The topological polar surface area (TPSA) is 95.1 Å². The summed E-state index contributed by atoms with van der Waals surface area (Å²) >= 11 is 1.32. The minimum atomic E-state index is -0.136. The summed E-state index contributed by atoms with van der Waals surface area (Å²) < 4.78 is 7.19. The van der Waals surface area contributed by atoms with Crippen LogP contribution in [-0.4, -0.2) is 33.5 Å². The molecule has 0 spiro atoms. The number of ether oxygens (including phenoxy) is 1. The maximum Gasteiger partial charge on any atom is 0.234 e. The van der Waals surface area contributed by atoms with Crippen molar-refractivity contribution >= 4 is 29.0 Å². The van der Waals surface area contributed by atoms with E-state index in [0.29, 0.717) is 22.4 Å². The zero-order valence-corrected chi connectivity index (χ0v) is 17.7. The molecule has 0 radical (unpaired) electrons. The Labute approximate surface area is 184 Å². The van der Waals surface area contributed by atoms with Gasteiger partial charge in [-0.25, -0.2) is 0 Å². The molecule has 1 aromatic heterocycles. The van der Waals surface area contributed by atoms with E-state index in [0.717, 1.165) is 17.0 Å². The van der Waals surface area contributed by atoms with Gasteiger partial charge in [0.15, 0.2) is 11.0 Å². The lowest BCUT2D eigenvalue weighted by Crippen LogP contribution is -2.14. The molecule has 31 heavy (non-hydrogen) atoms. The van der Waals surface area contributed by atoms with Gasteiger partial charge in [0, 0.05) is 22.6 Å². The summed E-state index contributed by atoms with van der Waals surface area (Å²) in [5.74, 6) is 1.51. The number of carbonyl (C=O) groups is 1. The molecule has 0 saturated heterocycles. The number of nitrogens with zero attached hydrogens (tertiary/aromatic N) is 3. The van der Waals surface area contributed by atoms with Gasteiger partial charge in [-0.2, -0.15) is 0 Å². The van der Waals surface area contributed by atoms with Gasteiger partial charge in [0.2, 0.25) is 5.91 Å². The number of para-hydroxylation sites is 1. The van der Waals surface area contributed by atoms with Crippen molar-refractivity contribution < 1.29 is 9.53 Å². The third kappa shape index (κ3) is 4.87. The van der Waals surface area contributed by atoms with Gasteiger partial charge >= 0.3 is 0 Å². The van der Waals surface area contributed by atoms with Crippen LogP contribution < -0.4 is 15.8 Å². The highest BCUT2D eigenvalue weighted by molar-refractivity contribution is 7.99. The van der Waals surface area contributed by atoms with E-state index < -0.39 is 0 Å². The summed E-state index contributed by atoms with van der Waals surface area (Å²) in [6.07, 6.45) is 0. The van der Waals surface area contributed by atoms with Crippen molar-refractivity contribution in [1.82, 2.24) is 14.8 Å². The number of anilines is 2. The van der Waals surface area contributed by atoms with Gasteiger partial charge in [-0.3, -0.25) is 9.36 Å². The van der Waals surface area contributed by atoms with Crippen molar-refractivity contribution in [3.05, 3.63) is 78.9 Å². The first-order valence-electron chi connectivity index (χ1n) is 9.57. The molecule has 0 aliphatic carbocycles. The predicted molar refractivity (Wildman–Crippen MR) is 124 cm³/mol. The maximum absolute atomic E-state index is 12.4. The molecular weight excluding hydrogens is 410 g/mol. The van der Waals surface area contributed by atoms with Crippen LogP contribution in [-0.2, 0) is 4.79 Å². The number of amides is 1. The van der Waals surface area contributed by atoms with Crippen LogP contribution in [0.4, 0.5) is 11.4 Å². The minimum Gasteiger partial charge on any atom is -0.497 e. The summed E-state index contributed by atoms with van der Waals surface area (Å²) in [6, 6.07) is 24.5. The Balaban J connectivity index is 1.57. The zero-order valence-electron chi connectivity index (χ0n) is 16.9. The van der Waals surface area contributed by atoms with E-state index in [1.807, 2.05) is 59.2 Å². The summed E-state index contributed by atoms with van der Waals surface area (Å²) in [7, 11) is 1.63. The first kappa shape index (κ1) is 20.5. The van der Waals surface area contributed by atoms with E-state index in [-0.39, 0.29) is 11.7 Å². The van der Waals surface area contributed by atoms with Crippen LogP contribution in [0, 0.1) is 0 Å². The molecular formula is C23H21N5O2S. The summed E-state index contributed by atoms with van der Waals surface area (Å²) in [4.78, 5) is 12.4. The summed E-state index contributed by atoms with van der Waals surface area (Å²) in [5, 5.41) is 12.2. The fraction of sp³-hybridized carbons (Fsp3) is 0.0870. The minimum absolute atomic E-state index is 0.136. The van der Waals surface area contributed by atoms with Crippen molar-refractivity contribution in [3.8, 4) is 22.8 Å². The van der Waals surface area contributed by atoms with Crippen molar-refractivity contribution in [2.45, 2.75) is 5.16 Å². The highest BCUT2D eigenvalue weighted by Gasteiger charge is 2.17. The van der Waals surface area contributed by atoms with Gasteiger partial charge in [-0.05, 0) is 60.7 Å². The van der Waals surface area contributed by atoms with E-state index >= 15 is 0 Å². The number of benzene rings is 3. The van der Waals surface area contributed by atoms with Gasteiger partial charge in [-0.1, -0.05) is 30.0 Å². The molecule has 4 rings (SSSR count). The molecule has 1 heterocycles. The normalized spacial score (nSPS) is 10.6. The highest BCUT2D eigenvalue weighted by atomic mass is 32.2. The Hall–Kier alpha value is -3.78. The number of rotatable bonds is 7. The number of hydrogen-bond acceptors (Lipinski definition) is 6. The lowest BCUT2D eigenvalue weighted by atomic mass is 10.2. The quantitative estimate of drug-likeness (QED) is 0.335. The molecule has 3 aromatic carbocycles. The number of methoxy groups -OCH3 is 1. The lowest BCUT2D eigenvalue weighted by Gasteiger charge is -2.11. The van der Waals surface area contributed by atoms with Crippen LogP contribution in [0.2, 0.25) is 0 Å². The number of thioether (sulfide) groups is 1. The Bertz CT molecular complexity index is 1160. The molecule has 7 nitrogen and oxygen atoms in total. The number of hydrogen-bond donors (Lipinski definition) is 2. The number of aromatic nitrogens is 3. The molecule has 0 atom stereocenters.